The van der Waals surface area contributed by atoms with Gasteiger partial charge in [0.25, 0.3) is 10.0 Å². The van der Waals surface area contributed by atoms with Crippen LogP contribution in [-0.2, 0) is 26.0 Å². The van der Waals surface area contributed by atoms with Gasteiger partial charge in [-0.25, -0.2) is 18.2 Å². The fourth-order valence-corrected chi connectivity index (χ4v) is 6.10. The second kappa shape index (κ2) is 12.3. The Hall–Kier alpha value is -3.54. The zero-order chi connectivity index (χ0) is 28.9. The van der Waals surface area contributed by atoms with E-state index < -0.39 is 45.8 Å². The molecule has 3 atom stereocenters. The summed E-state index contributed by atoms with van der Waals surface area (Å²) in [5, 5.41) is 18.4. The van der Waals surface area contributed by atoms with Gasteiger partial charge >= 0.3 is 6.09 Å². The second-order valence-corrected chi connectivity index (χ2v) is 12.8. The van der Waals surface area contributed by atoms with Crippen molar-refractivity contribution >= 4 is 32.8 Å². The van der Waals surface area contributed by atoms with Gasteiger partial charge in [0.2, 0.25) is 5.91 Å². The number of aromatic nitrogens is 1. The average Bonchev–Trinajstić information content (AvgIpc) is 3.09. The van der Waals surface area contributed by atoms with E-state index in [9.17, 15) is 23.1 Å². The van der Waals surface area contributed by atoms with Crippen molar-refractivity contribution in [1.82, 2.24) is 19.9 Å². The molecule has 0 aliphatic carbocycles. The summed E-state index contributed by atoms with van der Waals surface area (Å²) < 4.78 is 32.7. The number of aliphatic hydroxyl groups is 1. The van der Waals surface area contributed by atoms with E-state index in [-0.39, 0.29) is 24.5 Å². The summed E-state index contributed by atoms with van der Waals surface area (Å²) in [5.74, 6) is -0.496. The molecule has 40 heavy (non-hydrogen) atoms. The number of rotatable bonds is 7. The number of pyridine rings is 1. The number of alkyl carbamates (subject to hydrolysis) is 1. The van der Waals surface area contributed by atoms with Gasteiger partial charge < -0.3 is 20.5 Å². The molecule has 3 aromatic rings. The van der Waals surface area contributed by atoms with Crippen molar-refractivity contribution in [3.05, 3.63) is 72.4 Å². The van der Waals surface area contributed by atoms with Crippen LogP contribution in [0.15, 0.2) is 71.9 Å². The number of carbonyl (C=O) groups is 2. The van der Waals surface area contributed by atoms with Crippen molar-refractivity contribution in [3.8, 4) is 0 Å². The Balaban J connectivity index is 1.49. The van der Waals surface area contributed by atoms with E-state index in [0.717, 1.165) is 16.3 Å². The van der Waals surface area contributed by atoms with Crippen LogP contribution in [0.2, 0.25) is 0 Å². The first-order valence-electron chi connectivity index (χ1n) is 13.3. The predicted octanol–water partition coefficient (Wildman–Crippen LogP) is 3.00. The molecule has 1 aliphatic heterocycles. The molecule has 214 valence electrons. The van der Waals surface area contributed by atoms with E-state index in [2.05, 4.69) is 15.6 Å². The molecule has 2 unspecified atom stereocenters. The molecule has 2 aromatic carbocycles. The Morgan fingerprint density at radius 2 is 1.82 bits per heavy atom. The van der Waals surface area contributed by atoms with Crippen molar-refractivity contribution in [2.24, 2.45) is 0 Å². The van der Waals surface area contributed by atoms with Crippen LogP contribution in [0.4, 0.5) is 4.79 Å². The van der Waals surface area contributed by atoms with Gasteiger partial charge in [-0.15, -0.1) is 0 Å². The van der Waals surface area contributed by atoms with Gasteiger partial charge in [0.05, 0.1) is 12.1 Å². The maximum Gasteiger partial charge on any atom is 0.408 e. The maximum absolute atomic E-state index is 13.5. The van der Waals surface area contributed by atoms with Crippen LogP contribution < -0.4 is 10.6 Å². The van der Waals surface area contributed by atoms with E-state index in [1.165, 1.54) is 16.6 Å². The van der Waals surface area contributed by atoms with Gasteiger partial charge in [-0.3, -0.25) is 4.79 Å². The highest BCUT2D eigenvalue weighted by atomic mass is 32.2. The number of benzene rings is 2. The highest BCUT2D eigenvalue weighted by Crippen LogP contribution is 2.21. The van der Waals surface area contributed by atoms with Gasteiger partial charge in [-0.05, 0) is 62.1 Å². The maximum atomic E-state index is 13.5. The Morgan fingerprint density at radius 3 is 2.52 bits per heavy atom. The lowest BCUT2D eigenvalue weighted by Crippen LogP contribution is -2.54. The van der Waals surface area contributed by atoms with E-state index in [4.69, 9.17) is 4.74 Å². The number of nitrogens with one attached hydrogen (secondary N) is 2. The first kappa shape index (κ1) is 29.4. The number of amides is 2. The number of aliphatic hydroxyl groups excluding tert-OH is 1. The molecule has 2 heterocycles. The summed E-state index contributed by atoms with van der Waals surface area (Å²) in [4.78, 5) is 30.1. The summed E-state index contributed by atoms with van der Waals surface area (Å²) in [6.07, 6.45) is 0.477. The molecule has 0 spiro atoms. The van der Waals surface area contributed by atoms with Gasteiger partial charge in [0, 0.05) is 25.7 Å². The van der Waals surface area contributed by atoms with Gasteiger partial charge in [-0.1, -0.05) is 48.5 Å². The topological polar surface area (TPSA) is 138 Å². The largest absolute Gasteiger partial charge is 0.444 e. The van der Waals surface area contributed by atoms with Crippen LogP contribution >= 0.6 is 0 Å². The number of hydrogen-bond acceptors (Lipinski definition) is 7. The number of ether oxygens (including phenoxy) is 1. The third-order valence-electron chi connectivity index (χ3n) is 6.61. The standard InChI is InChI=1S/C29H36N4O6S/c1-29(2,3)39-28(36)32-24(18-20-13-14-21-9-4-5-10-22(21)17-20)27(35)31-23-11-8-16-33(19-25(23)34)40(37,38)26-12-6-7-15-30-26/h4-7,9-10,12-15,17,23-25,34H,8,11,16,18-19H2,1-3H3,(H,31,35)(H,32,36)/t23?,24-,25?/m0/s1. The lowest BCUT2D eigenvalue weighted by Gasteiger charge is -2.27. The molecule has 0 radical (unpaired) electrons. The average molecular weight is 569 g/mol. The molecule has 1 fully saturated rings. The molecule has 0 bridgehead atoms. The summed E-state index contributed by atoms with van der Waals surface area (Å²) in [7, 11) is -3.90. The predicted molar refractivity (Wildman–Crippen MR) is 151 cm³/mol. The molecule has 10 nitrogen and oxygen atoms in total. The number of carbonyl (C=O) groups excluding carboxylic acids is 2. The van der Waals surface area contributed by atoms with Gasteiger partial charge in [0.1, 0.15) is 11.6 Å². The van der Waals surface area contributed by atoms with E-state index >= 15 is 0 Å². The Labute approximate surface area is 234 Å². The van der Waals surface area contributed by atoms with Gasteiger partial charge in [-0.2, -0.15) is 4.31 Å². The zero-order valence-electron chi connectivity index (χ0n) is 22.9. The summed E-state index contributed by atoms with van der Waals surface area (Å²) in [5.41, 5.74) is 0.0811. The number of β-amino-alcohol motifs (C(OH)–C–C–N with tert-alkyl or cyclic N) is 1. The van der Waals surface area contributed by atoms with Crippen LogP contribution in [0.5, 0.6) is 0 Å². The first-order chi connectivity index (χ1) is 18.9. The molecule has 1 aliphatic rings. The zero-order valence-corrected chi connectivity index (χ0v) is 23.7. The van der Waals surface area contributed by atoms with Crippen molar-refractivity contribution in [2.75, 3.05) is 13.1 Å². The number of sulfonamides is 1. The highest BCUT2D eigenvalue weighted by molar-refractivity contribution is 7.89. The third kappa shape index (κ3) is 7.56. The van der Waals surface area contributed by atoms with Crippen molar-refractivity contribution in [1.29, 1.82) is 0 Å². The smallest absolute Gasteiger partial charge is 0.408 e. The lowest BCUT2D eigenvalue weighted by molar-refractivity contribution is -0.124. The first-order valence-corrected chi connectivity index (χ1v) is 14.7. The molecular weight excluding hydrogens is 532 g/mol. The number of nitrogens with zero attached hydrogens (tertiary/aromatic N) is 2. The molecule has 0 saturated carbocycles. The van der Waals surface area contributed by atoms with E-state index in [0.29, 0.717) is 12.8 Å². The van der Waals surface area contributed by atoms with Crippen LogP contribution in [0.25, 0.3) is 10.8 Å². The van der Waals surface area contributed by atoms with Crippen LogP contribution in [0.1, 0.15) is 39.2 Å². The molecule has 11 heteroatoms. The van der Waals surface area contributed by atoms with E-state index in [1.54, 1.807) is 32.9 Å². The van der Waals surface area contributed by atoms with Gasteiger partial charge in [0.15, 0.2) is 5.03 Å². The molecular formula is C29H36N4O6S. The fourth-order valence-electron chi connectivity index (χ4n) is 4.67. The minimum absolute atomic E-state index is 0.0957. The molecule has 4 rings (SSSR count). The van der Waals surface area contributed by atoms with Crippen molar-refractivity contribution < 1.29 is 27.9 Å². The minimum Gasteiger partial charge on any atom is -0.444 e. The van der Waals surface area contributed by atoms with Crippen molar-refractivity contribution in [2.45, 2.75) is 68.8 Å². The molecule has 1 saturated heterocycles. The van der Waals surface area contributed by atoms with Crippen molar-refractivity contribution in [3.63, 3.8) is 0 Å². The van der Waals surface area contributed by atoms with Crippen LogP contribution in [0, 0.1) is 0 Å². The monoisotopic (exact) mass is 568 g/mol. The molecule has 3 N–H and O–H groups in total. The van der Waals surface area contributed by atoms with E-state index in [1.807, 2.05) is 42.5 Å². The highest BCUT2D eigenvalue weighted by Gasteiger charge is 2.35. The number of hydrogen-bond donors (Lipinski definition) is 3. The SMILES string of the molecule is CC(C)(C)OC(=O)N[C@@H](Cc1ccc2ccccc2c1)C(=O)NC1CCCN(S(=O)(=O)c2ccccn2)CC1O. The lowest BCUT2D eigenvalue weighted by atomic mass is 10.00. The quantitative estimate of drug-likeness (QED) is 0.398. The third-order valence-corrected chi connectivity index (χ3v) is 8.39. The van der Waals surface area contributed by atoms with Crippen LogP contribution in [0.3, 0.4) is 0 Å². The second-order valence-electron chi connectivity index (χ2n) is 10.9. The number of fused-ring (bicyclic) bond motifs is 1. The summed E-state index contributed by atoms with van der Waals surface area (Å²) in [6.45, 7) is 5.19. The Morgan fingerprint density at radius 1 is 1.10 bits per heavy atom. The summed E-state index contributed by atoms with van der Waals surface area (Å²) in [6, 6.07) is 16.6. The Kier molecular flexibility index (Phi) is 9.07. The minimum atomic E-state index is -3.90. The molecule has 1 aromatic heterocycles. The Bertz CT molecular complexity index is 1440. The van der Waals surface area contributed by atoms with Crippen LogP contribution in [-0.4, -0.2) is 71.7 Å². The summed E-state index contributed by atoms with van der Waals surface area (Å²) >= 11 is 0. The normalized spacial score (nSPS) is 19.4. The molecule has 2 amide bonds. The fraction of sp³-hybridized carbons (Fsp3) is 0.414.